The molecule has 0 bridgehead atoms. The van der Waals surface area contributed by atoms with Gasteiger partial charge in [0, 0.05) is 10.6 Å². The maximum absolute atomic E-state index is 13.6. The number of allylic oxidation sites excluding steroid dienone is 7. The minimum absolute atomic E-state index is 0.0503. The third-order valence-corrected chi connectivity index (χ3v) is 5.23. The first kappa shape index (κ1) is 12.3. The van der Waals surface area contributed by atoms with Crippen LogP contribution in [0.2, 0.25) is 0 Å². The first-order valence-electron chi connectivity index (χ1n) is 6.52. The highest BCUT2D eigenvalue weighted by Gasteiger charge is 2.39. The highest BCUT2D eigenvalue weighted by molar-refractivity contribution is 14.1. The molecule has 2 nitrogen and oxygen atoms in total. The lowest BCUT2D eigenvalue weighted by atomic mass is 9.89. The molecule has 0 N–H and O–H groups in total. The molecule has 0 aromatic carbocycles. The van der Waals surface area contributed by atoms with Gasteiger partial charge in [-0.2, -0.15) is 0 Å². The quantitative estimate of drug-likeness (QED) is 0.586. The van der Waals surface area contributed by atoms with Gasteiger partial charge in [0.2, 0.25) is 0 Å². The molecule has 2 unspecified atom stereocenters. The minimum atomic E-state index is -0.181. The van der Waals surface area contributed by atoms with Crippen molar-refractivity contribution < 1.29 is 4.39 Å². The van der Waals surface area contributed by atoms with E-state index < -0.39 is 0 Å². The summed E-state index contributed by atoms with van der Waals surface area (Å²) in [6.07, 6.45) is 13.4. The lowest BCUT2D eigenvalue weighted by molar-refractivity contribution is 0.363. The van der Waals surface area contributed by atoms with Crippen LogP contribution >= 0.6 is 22.6 Å². The van der Waals surface area contributed by atoms with Gasteiger partial charge in [-0.05, 0) is 46.4 Å². The maximum atomic E-state index is 13.6. The van der Waals surface area contributed by atoms with Crippen LogP contribution in [0.25, 0.3) is 0 Å². The van der Waals surface area contributed by atoms with E-state index in [0.29, 0.717) is 0 Å². The van der Waals surface area contributed by atoms with Gasteiger partial charge in [0.15, 0.2) is 0 Å². The van der Waals surface area contributed by atoms with Crippen molar-refractivity contribution in [3.63, 3.8) is 0 Å². The molecule has 0 fully saturated rings. The first-order chi connectivity index (χ1) is 9.66. The van der Waals surface area contributed by atoms with Crippen molar-refractivity contribution in [1.82, 2.24) is 4.90 Å². The van der Waals surface area contributed by atoms with Gasteiger partial charge in [-0.1, -0.05) is 24.3 Å². The highest BCUT2D eigenvalue weighted by Crippen LogP contribution is 2.45. The lowest BCUT2D eigenvalue weighted by Crippen LogP contribution is -2.37. The Balaban J connectivity index is 1.90. The summed E-state index contributed by atoms with van der Waals surface area (Å²) in [4.78, 5) is 6.94. The molecule has 0 aromatic heterocycles. The fourth-order valence-corrected chi connectivity index (χ4v) is 4.03. The summed E-state index contributed by atoms with van der Waals surface area (Å²) in [5.41, 5.74) is 4.31. The van der Waals surface area contributed by atoms with E-state index in [1.54, 1.807) is 12.2 Å². The van der Waals surface area contributed by atoms with Gasteiger partial charge in [-0.25, -0.2) is 9.38 Å². The molecule has 2 aliphatic heterocycles. The summed E-state index contributed by atoms with van der Waals surface area (Å²) < 4.78 is 14.7. The normalized spacial score (nSPS) is 30.2. The fraction of sp³-hybridized carbons (Fsp3) is 0.188. The second kappa shape index (κ2) is 4.28. The molecule has 0 saturated heterocycles. The average molecular weight is 378 g/mol. The Morgan fingerprint density at radius 3 is 2.95 bits per heavy atom. The van der Waals surface area contributed by atoms with Crippen LogP contribution in [0.1, 0.15) is 0 Å². The van der Waals surface area contributed by atoms with E-state index in [2.05, 4.69) is 58.8 Å². The SMILES string of the molecule is CN1C2=C(N=C3C=CC(F)=CC32)C(I)=C2C=CC=CC21. The van der Waals surface area contributed by atoms with E-state index in [9.17, 15) is 4.39 Å². The van der Waals surface area contributed by atoms with E-state index in [1.807, 2.05) is 0 Å². The maximum Gasteiger partial charge on any atom is 0.120 e. The lowest BCUT2D eigenvalue weighted by Gasteiger charge is -2.37. The molecule has 4 rings (SSSR count). The van der Waals surface area contributed by atoms with E-state index in [4.69, 9.17) is 4.99 Å². The second-order valence-electron chi connectivity index (χ2n) is 5.20. The summed E-state index contributed by atoms with van der Waals surface area (Å²) in [6.45, 7) is 0. The first-order valence-corrected chi connectivity index (χ1v) is 7.60. The molecular weight excluding hydrogens is 366 g/mol. The van der Waals surface area contributed by atoms with E-state index in [0.717, 1.165) is 17.1 Å². The number of likely N-dealkylation sites (N-methyl/N-ethyl adjacent to an activating group) is 1. The van der Waals surface area contributed by atoms with Crippen molar-refractivity contribution in [2.75, 3.05) is 7.05 Å². The van der Waals surface area contributed by atoms with Crippen LogP contribution < -0.4 is 0 Å². The van der Waals surface area contributed by atoms with Crippen LogP contribution in [-0.2, 0) is 0 Å². The Morgan fingerprint density at radius 1 is 1.25 bits per heavy atom. The Hall–Kier alpha value is -1.43. The largest absolute Gasteiger partial charge is 0.365 e. The summed E-state index contributed by atoms with van der Waals surface area (Å²) in [6, 6.07) is 0.225. The van der Waals surface area contributed by atoms with E-state index in [-0.39, 0.29) is 17.8 Å². The molecule has 0 amide bonds. The summed E-state index contributed by atoms with van der Waals surface area (Å²) >= 11 is 2.36. The number of rotatable bonds is 0. The van der Waals surface area contributed by atoms with Gasteiger partial charge < -0.3 is 4.90 Å². The average Bonchev–Trinajstić information content (AvgIpc) is 2.84. The molecule has 4 aliphatic rings. The number of fused-ring (bicyclic) bond motifs is 3. The molecule has 20 heavy (non-hydrogen) atoms. The third kappa shape index (κ3) is 1.57. The minimum Gasteiger partial charge on any atom is -0.365 e. The predicted molar refractivity (Wildman–Crippen MR) is 87.2 cm³/mol. The number of hydrogen-bond acceptors (Lipinski definition) is 2. The Labute approximate surface area is 130 Å². The van der Waals surface area contributed by atoms with Crippen LogP contribution in [0.15, 0.2) is 73.9 Å². The van der Waals surface area contributed by atoms with Crippen molar-refractivity contribution in [1.29, 1.82) is 0 Å². The molecule has 2 atom stereocenters. The van der Waals surface area contributed by atoms with E-state index >= 15 is 0 Å². The van der Waals surface area contributed by atoms with Gasteiger partial charge in [0.1, 0.15) is 5.83 Å². The Bertz CT molecular complexity index is 719. The standard InChI is InChI=1S/C16H12FIN2/c1-20-13-5-3-2-4-10(13)14(18)15-16(20)11-8-9(17)6-7-12(11)19-15/h2-8,11,13H,1H3. The molecule has 0 saturated carbocycles. The monoisotopic (exact) mass is 378 g/mol. The van der Waals surface area contributed by atoms with Crippen molar-refractivity contribution in [2.45, 2.75) is 6.04 Å². The molecule has 100 valence electrons. The molecule has 0 spiro atoms. The topological polar surface area (TPSA) is 15.6 Å². The number of halogens is 2. The zero-order valence-electron chi connectivity index (χ0n) is 10.8. The Kier molecular flexibility index (Phi) is 2.64. The van der Waals surface area contributed by atoms with Crippen molar-refractivity contribution >= 4 is 28.3 Å². The third-order valence-electron chi connectivity index (χ3n) is 4.09. The predicted octanol–water partition coefficient (Wildman–Crippen LogP) is 3.82. The molecule has 0 aromatic rings. The summed E-state index contributed by atoms with van der Waals surface area (Å²) in [7, 11) is 2.06. The molecule has 4 heteroatoms. The number of nitrogens with zero attached hydrogens (tertiary/aromatic N) is 2. The fourth-order valence-electron chi connectivity index (χ4n) is 3.13. The van der Waals surface area contributed by atoms with Gasteiger partial charge in [-0.15, -0.1) is 0 Å². The summed E-state index contributed by atoms with van der Waals surface area (Å²) in [5, 5.41) is 0. The Morgan fingerprint density at radius 2 is 2.10 bits per heavy atom. The van der Waals surface area contributed by atoms with Gasteiger partial charge in [0.25, 0.3) is 0 Å². The van der Waals surface area contributed by atoms with E-state index in [1.165, 1.54) is 15.2 Å². The number of aliphatic imine (C=N–C) groups is 1. The van der Waals surface area contributed by atoms with Crippen LogP contribution in [0.3, 0.4) is 0 Å². The van der Waals surface area contributed by atoms with Crippen LogP contribution in [-0.4, -0.2) is 23.7 Å². The van der Waals surface area contributed by atoms with Crippen LogP contribution in [0, 0.1) is 5.92 Å². The van der Waals surface area contributed by atoms with Crippen molar-refractivity contribution in [3.05, 3.63) is 68.9 Å². The zero-order chi connectivity index (χ0) is 13.9. The van der Waals surface area contributed by atoms with Gasteiger partial charge >= 0.3 is 0 Å². The highest BCUT2D eigenvalue weighted by atomic mass is 127. The molecule has 0 radical (unpaired) electrons. The smallest absolute Gasteiger partial charge is 0.120 e. The zero-order valence-corrected chi connectivity index (χ0v) is 13.0. The summed E-state index contributed by atoms with van der Waals surface area (Å²) in [5.74, 6) is -0.231. The molecule has 2 aliphatic carbocycles. The molecule has 2 heterocycles. The molecular formula is C16H12FIN2. The van der Waals surface area contributed by atoms with Crippen molar-refractivity contribution in [3.8, 4) is 0 Å². The van der Waals surface area contributed by atoms with Crippen LogP contribution in [0.4, 0.5) is 4.39 Å². The van der Waals surface area contributed by atoms with Gasteiger partial charge in [0.05, 0.1) is 29.1 Å². The van der Waals surface area contributed by atoms with Crippen LogP contribution in [0.5, 0.6) is 0 Å². The van der Waals surface area contributed by atoms with Gasteiger partial charge in [-0.3, -0.25) is 0 Å². The number of hydrogen-bond donors (Lipinski definition) is 0. The second-order valence-corrected chi connectivity index (χ2v) is 6.28. The van der Waals surface area contributed by atoms with Crippen molar-refractivity contribution in [2.24, 2.45) is 10.9 Å².